The van der Waals surface area contributed by atoms with Gasteiger partial charge < -0.3 is 9.72 Å². The number of esters is 1. The molecule has 96 valence electrons. The summed E-state index contributed by atoms with van der Waals surface area (Å²) in [5, 5.41) is 0.816. The molecule has 1 aromatic carbocycles. The van der Waals surface area contributed by atoms with E-state index in [2.05, 4.69) is 4.98 Å². The molecule has 0 saturated heterocycles. The molecule has 0 radical (unpaired) electrons. The van der Waals surface area contributed by atoms with Crippen molar-refractivity contribution in [3.8, 4) is 5.75 Å². The van der Waals surface area contributed by atoms with Gasteiger partial charge in [0, 0.05) is 11.3 Å². The van der Waals surface area contributed by atoms with E-state index < -0.39 is 0 Å². The van der Waals surface area contributed by atoms with E-state index in [9.17, 15) is 9.59 Å². The number of hydrogen-bond donors (Lipinski definition) is 1. The Balaban J connectivity index is 2.05. The Morgan fingerprint density at radius 3 is 2.74 bits per heavy atom. The van der Waals surface area contributed by atoms with Crippen LogP contribution in [0.15, 0.2) is 29.1 Å². The van der Waals surface area contributed by atoms with E-state index in [1.165, 1.54) is 0 Å². The molecule has 0 amide bonds. The smallest absolute Gasteiger partial charge is 0.311 e. The molecule has 1 fully saturated rings. The minimum Gasteiger partial charge on any atom is -0.425 e. The number of pyridine rings is 1. The molecule has 2 aromatic rings. The van der Waals surface area contributed by atoms with Gasteiger partial charge >= 0.3 is 5.97 Å². The van der Waals surface area contributed by atoms with Gasteiger partial charge in [0.15, 0.2) is 0 Å². The topological polar surface area (TPSA) is 59.2 Å². The lowest BCUT2D eigenvalue weighted by Gasteiger charge is -2.24. The molecular formula is C15H13NO3. The normalized spacial score (nSPS) is 22.1. The minimum absolute atomic E-state index is 0.0320. The Bertz CT molecular complexity index is 743. The van der Waals surface area contributed by atoms with E-state index in [-0.39, 0.29) is 17.4 Å². The van der Waals surface area contributed by atoms with Crippen molar-refractivity contribution in [1.82, 2.24) is 4.98 Å². The molecule has 4 heteroatoms. The standard InChI is InChI=1S/C15H13NO3/c17-12-7-10(8-5-6-8)13-14(19-12)9-3-1-2-4-11(9)16-15(13)18/h1-4,8,10H,5-7H2,(H,16,18)/t10-/m1/s1. The van der Waals surface area contributed by atoms with Gasteiger partial charge in [0.1, 0.15) is 5.75 Å². The summed E-state index contributed by atoms with van der Waals surface area (Å²) in [6, 6.07) is 7.45. The summed E-state index contributed by atoms with van der Waals surface area (Å²) in [5.41, 5.74) is 1.27. The fourth-order valence-corrected chi connectivity index (χ4v) is 3.01. The number of fused-ring (bicyclic) bond motifs is 3. The quantitative estimate of drug-likeness (QED) is 0.795. The van der Waals surface area contributed by atoms with Crippen LogP contribution in [0.5, 0.6) is 5.75 Å². The van der Waals surface area contributed by atoms with Crippen LogP contribution >= 0.6 is 0 Å². The third-order valence-electron chi connectivity index (χ3n) is 4.07. The van der Waals surface area contributed by atoms with Crippen molar-refractivity contribution in [3.63, 3.8) is 0 Å². The van der Waals surface area contributed by atoms with Crippen LogP contribution in [0.25, 0.3) is 10.9 Å². The summed E-state index contributed by atoms with van der Waals surface area (Å²) in [6.45, 7) is 0. The fourth-order valence-electron chi connectivity index (χ4n) is 3.01. The van der Waals surface area contributed by atoms with Gasteiger partial charge in [-0.2, -0.15) is 0 Å². The lowest BCUT2D eigenvalue weighted by molar-refractivity contribution is -0.136. The van der Waals surface area contributed by atoms with Gasteiger partial charge in [-0.25, -0.2) is 0 Å². The summed E-state index contributed by atoms with van der Waals surface area (Å²) in [6.07, 6.45) is 2.53. The fraction of sp³-hybridized carbons (Fsp3) is 0.333. The number of para-hydroxylation sites is 1. The van der Waals surface area contributed by atoms with E-state index in [0.717, 1.165) is 23.7 Å². The molecule has 1 aliphatic heterocycles. The number of rotatable bonds is 1. The van der Waals surface area contributed by atoms with Crippen LogP contribution in [0.2, 0.25) is 0 Å². The second-order valence-electron chi connectivity index (χ2n) is 5.36. The molecule has 0 unspecified atom stereocenters. The van der Waals surface area contributed by atoms with Gasteiger partial charge in [-0.3, -0.25) is 9.59 Å². The van der Waals surface area contributed by atoms with Gasteiger partial charge in [-0.1, -0.05) is 12.1 Å². The molecule has 2 aliphatic rings. The Morgan fingerprint density at radius 1 is 1.16 bits per heavy atom. The molecule has 2 heterocycles. The molecular weight excluding hydrogens is 242 g/mol. The van der Waals surface area contributed by atoms with Crippen LogP contribution in [0.3, 0.4) is 0 Å². The molecule has 1 aromatic heterocycles. The van der Waals surface area contributed by atoms with Gasteiger partial charge in [-0.05, 0) is 30.9 Å². The van der Waals surface area contributed by atoms with Crippen LogP contribution < -0.4 is 10.3 Å². The zero-order valence-electron chi connectivity index (χ0n) is 10.3. The first-order chi connectivity index (χ1) is 9.24. The first kappa shape index (κ1) is 10.8. The van der Waals surface area contributed by atoms with Gasteiger partial charge in [0.05, 0.1) is 17.5 Å². The molecule has 0 bridgehead atoms. The number of aromatic amines is 1. The summed E-state index contributed by atoms with van der Waals surface area (Å²) in [4.78, 5) is 27.0. The SMILES string of the molecule is O=C1C[C@H](C2CC2)c2c(c3ccccc3[nH]c2=O)O1. The predicted octanol–water partition coefficient (Wildman–Crippen LogP) is 2.33. The number of hydrogen-bond acceptors (Lipinski definition) is 3. The zero-order valence-corrected chi connectivity index (χ0v) is 10.3. The molecule has 1 atom stereocenters. The van der Waals surface area contributed by atoms with Crippen molar-refractivity contribution < 1.29 is 9.53 Å². The first-order valence-electron chi connectivity index (χ1n) is 6.59. The van der Waals surface area contributed by atoms with Crippen LogP contribution in [-0.2, 0) is 4.79 Å². The lowest BCUT2D eigenvalue weighted by atomic mass is 9.88. The van der Waals surface area contributed by atoms with Crippen LogP contribution in [0.4, 0.5) is 0 Å². The third kappa shape index (κ3) is 1.59. The highest BCUT2D eigenvalue weighted by atomic mass is 16.5. The van der Waals surface area contributed by atoms with Crippen molar-refractivity contribution in [2.45, 2.75) is 25.2 Å². The maximum atomic E-state index is 12.3. The summed E-state index contributed by atoms with van der Waals surface area (Å²) < 4.78 is 5.38. The largest absolute Gasteiger partial charge is 0.425 e. The number of benzene rings is 1. The second kappa shape index (κ2) is 3.70. The average Bonchev–Trinajstić information content (AvgIpc) is 3.22. The van der Waals surface area contributed by atoms with Gasteiger partial charge in [-0.15, -0.1) is 0 Å². The Labute approximate surface area is 109 Å². The number of nitrogens with one attached hydrogen (secondary N) is 1. The maximum Gasteiger partial charge on any atom is 0.311 e. The van der Waals surface area contributed by atoms with E-state index in [1.807, 2.05) is 24.3 Å². The Kier molecular flexibility index (Phi) is 2.10. The number of aromatic nitrogens is 1. The van der Waals surface area contributed by atoms with E-state index in [0.29, 0.717) is 23.7 Å². The number of ether oxygens (including phenoxy) is 1. The van der Waals surface area contributed by atoms with Crippen LogP contribution in [0.1, 0.15) is 30.7 Å². The first-order valence-corrected chi connectivity index (χ1v) is 6.59. The summed E-state index contributed by atoms with van der Waals surface area (Å²) in [7, 11) is 0. The van der Waals surface area contributed by atoms with Crippen molar-refractivity contribution in [2.75, 3.05) is 0 Å². The number of H-pyrrole nitrogens is 1. The van der Waals surface area contributed by atoms with E-state index in [1.54, 1.807) is 0 Å². The number of carbonyl (C=O) groups excluding carboxylic acids is 1. The Hall–Kier alpha value is -2.10. The molecule has 4 rings (SSSR count). The zero-order chi connectivity index (χ0) is 13.0. The highest BCUT2D eigenvalue weighted by molar-refractivity contribution is 5.90. The highest BCUT2D eigenvalue weighted by Gasteiger charge is 2.41. The molecule has 0 spiro atoms. The third-order valence-corrected chi connectivity index (χ3v) is 4.07. The van der Waals surface area contributed by atoms with Crippen molar-refractivity contribution in [2.24, 2.45) is 5.92 Å². The summed E-state index contributed by atoms with van der Waals surface area (Å²) in [5.74, 6) is 0.756. The number of carbonyl (C=O) groups is 1. The van der Waals surface area contributed by atoms with Crippen LogP contribution in [0, 0.1) is 5.92 Å². The van der Waals surface area contributed by atoms with Crippen LogP contribution in [-0.4, -0.2) is 11.0 Å². The molecule has 1 saturated carbocycles. The van der Waals surface area contributed by atoms with E-state index >= 15 is 0 Å². The average molecular weight is 255 g/mol. The molecule has 4 nitrogen and oxygen atoms in total. The molecule has 1 aliphatic carbocycles. The van der Waals surface area contributed by atoms with Crippen molar-refractivity contribution in [3.05, 3.63) is 40.2 Å². The lowest BCUT2D eigenvalue weighted by Crippen LogP contribution is -2.28. The Morgan fingerprint density at radius 2 is 1.95 bits per heavy atom. The second-order valence-corrected chi connectivity index (χ2v) is 5.36. The monoisotopic (exact) mass is 255 g/mol. The van der Waals surface area contributed by atoms with Crippen molar-refractivity contribution in [1.29, 1.82) is 0 Å². The highest BCUT2D eigenvalue weighted by Crippen LogP contribution is 2.49. The minimum atomic E-state index is -0.222. The van der Waals surface area contributed by atoms with E-state index in [4.69, 9.17) is 4.74 Å². The predicted molar refractivity (Wildman–Crippen MR) is 70.3 cm³/mol. The molecule has 1 N–H and O–H groups in total. The summed E-state index contributed by atoms with van der Waals surface area (Å²) >= 11 is 0. The van der Waals surface area contributed by atoms with Gasteiger partial charge in [0.25, 0.3) is 5.56 Å². The molecule has 19 heavy (non-hydrogen) atoms. The van der Waals surface area contributed by atoms with Crippen molar-refractivity contribution >= 4 is 16.9 Å². The maximum absolute atomic E-state index is 12.3. The van der Waals surface area contributed by atoms with Gasteiger partial charge in [0.2, 0.25) is 0 Å².